The van der Waals surface area contributed by atoms with Crippen molar-refractivity contribution in [2.24, 2.45) is 5.92 Å². The van der Waals surface area contributed by atoms with E-state index >= 15 is 0 Å². The third-order valence-corrected chi connectivity index (χ3v) is 3.02. The summed E-state index contributed by atoms with van der Waals surface area (Å²) in [5.41, 5.74) is 1.29. The third-order valence-electron chi connectivity index (χ3n) is 3.02. The van der Waals surface area contributed by atoms with Crippen molar-refractivity contribution in [2.45, 2.75) is 26.3 Å². The molecule has 0 N–H and O–H groups in total. The van der Waals surface area contributed by atoms with Crippen LogP contribution in [0.4, 0.5) is 0 Å². The summed E-state index contributed by atoms with van der Waals surface area (Å²) in [6, 6.07) is 0.652. The van der Waals surface area contributed by atoms with Gasteiger partial charge in [0.1, 0.15) is 0 Å². The van der Waals surface area contributed by atoms with Crippen LogP contribution in [-0.2, 0) is 0 Å². The fourth-order valence-electron chi connectivity index (χ4n) is 1.81. The number of allylic oxidation sites excluding steroid dienone is 1. The maximum Gasteiger partial charge on any atom is 0.0215 e. The zero-order valence-electron chi connectivity index (χ0n) is 9.38. The van der Waals surface area contributed by atoms with E-state index in [0.29, 0.717) is 6.04 Å². The van der Waals surface area contributed by atoms with Crippen LogP contribution in [0.2, 0.25) is 0 Å². The van der Waals surface area contributed by atoms with Gasteiger partial charge in [0.05, 0.1) is 0 Å². The number of hydrogen-bond donors (Lipinski definition) is 0. The van der Waals surface area contributed by atoms with E-state index in [0.717, 1.165) is 5.92 Å². The summed E-state index contributed by atoms with van der Waals surface area (Å²) in [6.07, 6.45) is 1.17. The zero-order valence-corrected chi connectivity index (χ0v) is 9.38. The highest BCUT2D eigenvalue weighted by Gasteiger charge is 2.23. The second-order valence-electron chi connectivity index (χ2n) is 4.55. The van der Waals surface area contributed by atoms with Gasteiger partial charge in [0.25, 0.3) is 0 Å². The fourth-order valence-corrected chi connectivity index (χ4v) is 1.81. The van der Waals surface area contributed by atoms with Crippen molar-refractivity contribution in [3.63, 3.8) is 0 Å². The second-order valence-corrected chi connectivity index (χ2v) is 4.55. The first-order valence-corrected chi connectivity index (χ1v) is 5.10. The van der Waals surface area contributed by atoms with Crippen LogP contribution in [0.3, 0.4) is 0 Å². The Morgan fingerprint density at radius 3 is 2.62 bits per heavy atom. The van der Waals surface area contributed by atoms with Gasteiger partial charge in [-0.1, -0.05) is 6.58 Å². The molecule has 0 amide bonds. The predicted molar refractivity (Wildman–Crippen MR) is 57.6 cm³/mol. The van der Waals surface area contributed by atoms with Crippen molar-refractivity contribution in [2.75, 3.05) is 27.2 Å². The highest BCUT2D eigenvalue weighted by molar-refractivity contribution is 5.01. The normalized spacial score (nSPS) is 23.7. The van der Waals surface area contributed by atoms with Crippen molar-refractivity contribution < 1.29 is 0 Å². The molecule has 0 aromatic heterocycles. The molecule has 1 atom stereocenters. The third kappa shape index (κ3) is 2.73. The molecule has 1 aliphatic heterocycles. The molecule has 1 aliphatic rings. The first-order chi connectivity index (χ1) is 6.00. The molecule has 2 nitrogen and oxygen atoms in total. The van der Waals surface area contributed by atoms with Gasteiger partial charge in [-0.3, -0.25) is 0 Å². The molecule has 0 aliphatic carbocycles. The quantitative estimate of drug-likeness (QED) is 0.656. The Bertz CT molecular complexity index is 187. The van der Waals surface area contributed by atoms with Gasteiger partial charge in [-0.15, -0.1) is 0 Å². The molecule has 13 heavy (non-hydrogen) atoms. The van der Waals surface area contributed by atoms with Crippen LogP contribution in [0.15, 0.2) is 12.3 Å². The molecular formula is C11H22N2. The summed E-state index contributed by atoms with van der Waals surface area (Å²) in [7, 11) is 4.34. The number of nitrogens with zero attached hydrogens (tertiary/aromatic N) is 2. The lowest BCUT2D eigenvalue weighted by atomic mass is 10.1. The van der Waals surface area contributed by atoms with Gasteiger partial charge in [-0.25, -0.2) is 0 Å². The van der Waals surface area contributed by atoms with Crippen molar-refractivity contribution >= 4 is 0 Å². The first kappa shape index (κ1) is 10.6. The molecule has 76 valence electrons. The smallest absolute Gasteiger partial charge is 0.0215 e. The van der Waals surface area contributed by atoms with Gasteiger partial charge in [0, 0.05) is 31.9 Å². The van der Waals surface area contributed by atoms with Crippen LogP contribution in [0, 0.1) is 5.92 Å². The molecule has 0 aromatic rings. The topological polar surface area (TPSA) is 6.48 Å². The van der Waals surface area contributed by atoms with E-state index < -0.39 is 0 Å². The minimum absolute atomic E-state index is 0.652. The predicted octanol–water partition coefficient (Wildman–Crippen LogP) is 1.79. The molecule has 1 fully saturated rings. The Morgan fingerprint density at radius 2 is 2.23 bits per heavy atom. The molecule has 1 rings (SSSR count). The van der Waals surface area contributed by atoms with Gasteiger partial charge < -0.3 is 9.80 Å². The van der Waals surface area contributed by atoms with Crippen molar-refractivity contribution in [1.29, 1.82) is 0 Å². The Kier molecular flexibility index (Phi) is 3.37. The van der Waals surface area contributed by atoms with E-state index in [1.54, 1.807) is 0 Å². The Labute approximate surface area is 82.2 Å². The van der Waals surface area contributed by atoms with Crippen LogP contribution < -0.4 is 0 Å². The summed E-state index contributed by atoms with van der Waals surface area (Å²) in [4.78, 5) is 4.69. The monoisotopic (exact) mass is 182 g/mol. The van der Waals surface area contributed by atoms with Crippen LogP contribution in [0.5, 0.6) is 0 Å². The number of rotatable bonds is 3. The Balaban J connectivity index is 2.35. The summed E-state index contributed by atoms with van der Waals surface area (Å²) >= 11 is 0. The minimum Gasteiger partial charge on any atom is -0.378 e. The summed E-state index contributed by atoms with van der Waals surface area (Å²) in [5.74, 6) is 0.782. The highest BCUT2D eigenvalue weighted by atomic mass is 15.2. The molecule has 0 bridgehead atoms. The maximum absolute atomic E-state index is 4.04. The largest absolute Gasteiger partial charge is 0.378 e. The minimum atomic E-state index is 0.652. The lowest BCUT2D eigenvalue weighted by Gasteiger charge is -2.24. The van der Waals surface area contributed by atoms with Crippen LogP contribution >= 0.6 is 0 Å². The van der Waals surface area contributed by atoms with Gasteiger partial charge in [0.2, 0.25) is 0 Å². The van der Waals surface area contributed by atoms with Crippen LogP contribution in [0.1, 0.15) is 20.3 Å². The summed E-state index contributed by atoms with van der Waals surface area (Å²) in [5, 5.41) is 0. The molecule has 0 saturated carbocycles. The van der Waals surface area contributed by atoms with Crippen LogP contribution in [-0.4, -0.2) is 43.0 Å². The van der Waals surface area contributed by atoms with Gasteiger partial charge >= 0.3 is 0 Å². The van der Waals surface area contributed by atoms with E-state index in [1.165, 1.54) is 25.2 Å². The molecular weight excluding hydrogens is 160 g/mol. The van der Waals surface area contributed by atoms with E-state index in [9.17, 15) is 0 Å². The average molecular weight is 182 g/mol. The molecule has 2 heteroatoms. The van der Waals surface area contributed by atoms with E-state index in [4.69, 9.17) is 0 Å². The molecule has 0 radical (unpaired) electrons. The number of likely N-dealkylation sites (tertiary alicyclic amines) is 1. The standard InChI is InChI=1S/C11H22N2/c1-9(2)12(4)7-11-6-10(3)13(5)8-11/h9,11H,3,6-8H2,1-2,4-5H3/t11-/m0/s1. The molecule has 0 spiro atoms. The first-order valence-electron chi connectivity index (χ1n) is 5.10. The van der Waals surface area contributed by atoms with Gasteiger partial charge in [-0.2, -0.15) is 0 Å². The molecule has 0 aromatic carbocycles. The van der Waals surface area contributed by atoms with Crippen molar-refractivity contribution in [3.8, 4) is 0 Å². The zero-order chi connectivity index (χ0) is 10.0. The van der Waals surface area contributed by atoms with Crippen molar-refractivity contribution in [1.82, 2.24) is 9.80 Å². The molecule has 0 unspecified atom stereocenters. The second kappa shape index (κ2) is 4.14. The van der Waals surface area contributed by atoms with E-state index in [2.05, 4.69) is 44.3 Å². The SMILES string of the molecule is C=C1C[C@@H](CN(C)C(C)C)CN1C. The van der Waals surface area contributed by atoms with Gasteiger partial charge in [0.15, 0.2) is 0 Å². The van der Waals surface area contributed by atoms with Crippen molar-refractivity contribution in [3.05, 3.63) is 12.3 Å². The average Bonchev–Trinajstić information content (AvgIpc) is 2.31. The highest BCUT2D eigenvalue weighted by Crippen LogP contribution is 2.23. The molecule has 1 heterocycles. The Hall–Kier alpha value is -0.500. The van der Waals surface area contributed by atoms with E-state index in [1.807, 2.05) is 0 Å². The van der Waals surface area contributed by atoms with E-state index in [-0.39, 0.29) is 0 Å². The molecule has 1 saturated heterocycles. The maximum atomic E-state index is 4.04. The van der Waals surface area contributed by atoms with Crippen LogP contribution in [0.25, 0.3) is 0 Å². The fraction of sp³-hybridized carbons (Fsp3) is 0.818. The summed E-state index contributed by atoms with van der Waals surface area (Å²) < 4.78 is 0. The Morgan fingerprint density at radius 1 is 1.62 bits per heavy atom. The lowest BCUT2D eigenvalue weighted by molar-refractivity contribution is 0.230. The van der Waals surface area contributed by atoms with Gasteiger partial charge in [-0.05, 0) is 33.2 Å². The number of hydrogen-bond acceptors (Lipinski definition) is 2. The lowest BCUT2D eigenvalue weighted by Crippen LogP contribution is -2.32. The summed E-state index contributed by atoms with van der Waals surface area (Å²) in [6.45, 7) is 10.9.